The van der Waals surface area contributed by atoms with Crippen molar-refractivity contribution in [2.75, 3.05) is 18.4 Å². The predicted molar refractivity (Wildman–Crippen MR) is 114 cm³/mol. The molecule has 1 saturated heterocycles. The largest absolute Gasteiger partial charge is 0.339 e. The number of carbonyl (C=O) groups excluding carboxylic acids is 2. The number of likely N-dealkylation sites (tertiary alicyclic amines) is 1. The van der Waals surface area contributed by atoms with E-state index in [1.165, 1.54) is 5.56 Å². The minimum absolute atomic E-state index is 0.00854. The van der Waals surface area contributed by atoms with Gasteiger partial charge in [0.1, 0.15) is 0 Å². The summed E-state index contributed by atoms with van der Waals surface area (Å²) in [6.45, 7) is 3.39. The first-order valence-corrected chi connectivity index (χ1v) is 10.1. The molecule has 0 spiro atoms. The number of aryl methyl sites for hydroxylation is 1. The number of hydrogen-bond acceptors (Lipinski definition) is 2. The van der Waals surface area contributed by atoms with Gasteiger partial charge in [-0.1, -0.05) is 55.8 Å². The third-order valence-corrected chi connectivity index (χ3v) is 5.16. The maximum Gasteiger partial charge on any atom is 0.246 e. The molecule has 0 aromatic heterocycles. The van der Waals surface area contributed by atoms with Crippen LogP contribution in [-0.4, -0.2) is 29.8 Å². The van der Waals surface area contributed by atoms with E-state index in [9.17, 15) is 9.59 Å². The summed E-state index contributed by atoms with van der Waals surface area (Å²) in [5.41, 5.74) is 3.14. The van der Waals surface area contributed by atoms with Crippen molar-refractivity contribution >= 4 is 23.6 Å². The van der Waals surface area contributed by atoms with E-state index in [0.29, 0.717) is 25.9 Å². The lowest BCUT2D eigenvalue weighted by atomic mass is 9.95. The Bertz CT molecular complexity index is 804. The van der Waals surface area contributed by atoms with Crippen LogP contribution >= 0.6 is 0 Å². The summed E-state index contributed by atoms with van der Waals surface area (Å²) in [6, 6.07) is 17.9. The fourth-order valence-electron chi connectivity index (χ4n) is 3.49. The first kappa shape index (κ1) is 19.9. The lowest BCUT2D eigenvalue weighted by Gasteiger charge is -2.30. The van der Waals surface area contributed by atoms with Crippen molar-refractivity contribution in [3.05, 3.63) is 71.8 Å². The molecule has 1 heterocycles. The molecule has 0 radical (unpaired) electrons. The van der Waals surface area contributed by atoms with Crippen LogP contribution in [-0.2, 0) is 16.0 Å². The Labute approximate surface area is 167 Å². The molecule has 0 bridgehead atoms. The zero-order chi connectivity index (χ0) is 19.8. The van der Waals surface area contributed by atoms with Crippen molar-refractivity contribution in [2.24, 2.45) is 5.92 Å². The van der Waals surface area contributed by atoms with E-state index in [0.717, 1.165) is 24.1 Å². The number of rotatable bonds is 6. The molecule has 2 amide bonds. The summed E-state index contributed by atoms with van der Waals surface area (Å²) >= 11 is 0. The number of hydrogen-bond donors (Lipinski definition) is 1. The van der Waals surface area contributed by atoms with Crippen molar-refractivity contribution < 1.29 is 9.59 Å². The van der Waals surface area contributed by atoms with Gasteiger partial charge in [0, 0.05) is 30.8 Å². The smallest absolute Gasteiger partial charge is 0.246 e. The molecule has 0 saturated carbocycles. The van der Waals surface area contributed by atoms with Gasteiger partial charge in [-0.05, 0) is 48.6 Å². The topological polar surface area (TPSA) is 49.4 Å². The highest BCUT2D eigenvalue weighted by Crippen LogP contribution is 2.20. The number of piperidine rings is 1. The second-order valence-corrected chi connectivity index (χ2v) is 7.28. The summed E-state index contributed by atoms with van der Waals surface area (Å²) in [7, 11) is 0. The minimum Gasteiger partial charge on any atom is -0.339 e. The lowest BCUT2D eigenvalue weighted by molar-refractivity contribution is -0.130. The molecule has 3 rings (SSSR count). The molecule has 28 heavy (non-hydrogen) atoms. The molecule has 1 N–H and O–H groups in total. The van der Waals surface area contributed by atoms with Crippen LogP contribution < -0.4 is 5.32 Å². The monoisotopic (exact) mass is 376 g/mol. The van der Waals surface area contributed by atoms with Gasteiger partial charge in [-0.3, -0.25) is 9.59 Å². The van der Waals surface area contributed by atoms with Crippen LogP contribution in [0, 0.1) is 5.92 Å². The van der Waals surface area contributed by atoms with Crippen LogP contribution in [0.25, 0.3) is 6.08 Å². The summed E-state index contributed by atoms with van der Waals surface area (Å²) in [5, 5.41) is 3.02. The fourth-order valence-corrected chi connectivity index (χ4v) is 3.49. The maximum absolute atomic E-state index is 12.5. The molecule has 1 aliphatic rings. The van der Waals surface area contributed by atoms with E-state index in [4.69, 9.17) is 0 Å². The minimum atomic E-state index is -0.0440. The number of benzene rings is 2. The first-order chi connectivity index (χ1) is 13.7. The molecule has 4 nitrogen and oxygen atoms in total. The van der Waals surface area contributed by atoms with Gasteiger partial charge in [-0.2, -0.15) is 0 Å². The average Bonchev–Trinajstić information content (AvgIpc) is 2.74. The Morgan fingerprint density at radius 3 is 2.36 bits per heavy atom. The zero-order valence-corrected chi connectivity index (χ0v) is 16.4. The van der Waals surface area contributed by atoms with Gasteiger partial charge < -0.3 is 10.2 Å². The average molecular weight is 377 g/mol. The Morgan fingerprint density at radius 2 is 1.71 bits per heavy atom. The lowest BCUT2D eigenvalue weighted by Crippen LogP contribution is -2.40. The zero-order valence-electron chi connectivity index (χ0n) is 16.4. The molecular formula is C24H28N2O2. The molecule has 0 unspecified atom stereocenters. The van der Waals surface area contributed by atoms with Gasteiger partial charge in [0.2, 0.25) is 11.8 Å². The number of anilines is 1. The van der Waals surface area contributed by atoms with Crippen LogP contribution in [0.5, 0.6) is 0 Å². The summed E-state index contributed by atoms with van der Waals surface area (Å²) < 4.78 is 0. The summed E-state index contributed by atoms with van der Waals surface area (Å²) in [4.78, 5) is 26.7. The van der Waals surface area contributed by atoms with E-state index in [1.54, 1.807) is 6.08 Å². The van der Waals surface area contributed by atoms with E-state index in [-0.39, 0.29) is 17.7 Å². The number of nitrogens with one attached hydrogen (secondary N) is 1. The van der Waals surface area contributed by atoms with Gasteiger partial charge in [0.05, 0.1) is 0 Å². The molecule has 2 aromatic rings. The van der Waals surface area contributed by atoms with Gasteiger partial charge in [-0.15, -0.1) is 0 Å². The van der Waals surface area contributed by atoms with Gasteiger partial charge in [0.15, 0.2) is 0 Å². The van der Waals surface area contributed by atoms with Crippen molar-refractivity contribution in [1.29, 1.82) is 0 Å². The highest BCUT2D eigenvalue weighted by Gasteiger charge is 2.26. The van der Waals surface area contributed by atoms with Crippen LogP contribution in [0.15, 0.2) is 60.7 Å². The normalized spacial score (nSPS) is 15.0. The maximum atomic E-state index is 12.5. The van der Waals surface area contributed by atoms with Gasteiger partial charge >= 0.3 is 0 Å². The standard InChI is InChI=1S/C24H28N2O2/c1-2-6-19-9-12-22(13-10-19)25-24(28)21-15-17-26(18-16-21)23(27)14-11-20-7-4-3-5-8-20/h3-5,7-14,21H,2,6,15-18H2,1H3,(H,25,28)/b14-11+. The molecule has 2 aromatic carbocycles. The predicted octanol–water partition coefficient (Wildman–Crippen LogP) is 4.53. The van der Waals surface area contributed by atoms with Gasteiger partial charge in [0.25, 0.3) is 0 Å². The quantitative estimate of drug-likeness (QED) is 0.753. The molecule has 0 atom stereocenters. The highest BCUT2D eigenvalue weighted by atomic mass is 16.2. The van der Waals surface area contributed by atoms with Crippen LogP contribution in [0.1, 0.15) is 37.3 Å². The van der Waals surface area contributed by atoms with E-state index >= 15 is 0 Å². The van der Waals surface area contributed by atoms with Crippen molar-refractivity contribution in [2.45, 2.75) is 32.6 Å². The third-order valence-electron chi connectivity index (χ3n) is 5.16. The first-order valence-electron chi connectivity index (χ1n) is 10.1. The third kappa shape index (κ3) is 5.56. The number of carbonyl (C=O) groups is 2. The molecule has 4 heteroatoms. The van der Waals surface area contributed by atoms with Crippen LogP contribution in [0.4, 0.5) is 5.69 Å². The Hall–Kier alpha value is -2.88. The van der Waals surface area contributed by atoms with E-state index < -0.39 is 0 Å². The second kappa shape index (κ2) is 9.88. The van der Waals surface area contributed by atoms with Crippen molar-refractivity contribution in [3.8, 4) is 0 Å². The number of nitrogens with zero attached hydrogens (tertiary/aromatic N) is 1. The van der Waals surface area contributed by atoms with E-state index in [2.05, 4.69) is 24.4 Å². The molecule has 1 fully saturated rings. The summed E-state index contributed by atoms with van der Waals surface area (Å²) in [5.74, 6) is 0.0156. The molecule has 0 aliphatic carbocycles. The Kier molecular flexibility index (Phi) is 7.01. The molecule has 146 valence electrons. The summed E-state index contributed by atoms with van der Waals surface area (Å²) in [6.07, 6.45) is 7.02. The Morgan fingerprint density at radius 1 is 1.04 bits per heavy atom. The van der Waals surface area contributed by atoms with Crippen molar-refractivity contribution in [3.63, 3.8) is 0 Å². The van der Waals surface area contributed by atoms with Gasteiger partial charge in [-0.25, -0.2) is 0 Å². The van der Waals surface area contributed by atoms with Crippen molar-refractivity contribution in [1.82, 2.24) is 4.90 Å². The van der Waals surface area contributed by atoms with Crippen LogP contribution in [0.3, 0.4) is 0 Å². The fraction of sp³-hybridized carbons (Fsp3) is 0.333. The van der Waals surface area contributed by atoms with Crippen LogP contribution in [0.2, 0.25) is 0 Å². The SMILES string of the molecule is CCCc1ccc(NC(=O)C2CCN(C(=O)/C=C/c3ccccc3)CC2)cc1. The molecule has 1 aliphatic heterocycles. The Balaban J connectivity index is 1.47. The number of amides is 2. The second-order valence-electron chi connectivity index (χ2n) is 7.28. The highest BCUT2D eigenvalue weighted by molar-refractivity contribution is 5.94. The molecular weight excluding hydrogens is 348 g/mol. The van der Waals surface area contributed by atoms with E-state index in [1.807, 2.05) is 53.4 Å².